The van der Waals surface area contributed by atoms with Gasteiger partial charge < -0.3 is 15.5 Å². The van der Waals surface area contributed by atoms with Gasteiger partial charge in [-0.25, -0.2) is 9.18 Å². The minimum absolute atomic E-state index is 0.104. The minimum Gasteiger partial charge on any atom is -0.480 e. The lowest BCUT2D eigenvalue weighted by molar-refractivity contribution is -0.192. The van der Waals surface area contributed by atoms with Crippen LogP contribution in [-0.2, 0) is 22.6 Å². The van der Waals surface area contributed by atoms with Gasteiger partial charge in [0.05, 0.1) is 17.8 Å². The summed E-state index contributed by atoms with van der Waals surface area (Å²) in [6.45, 7) is 4.54. The fraction of sp³-hybridized carbons (Fsp3) is 0.452. The second kappa shape index (κ2) is 14.6. The molecule has 8 nitrogen and oxygen atoms in total. The monoisotopic (exact) mass is 604 g/mol. The number of benzene rings is 2. The number of alkyl halides is 3. The van der Waals surface area contributed by atoms with Crippen LogP contribution in [-0.4, -0.2) is 75.7 Å². The van der Waals surface area contributed by atoms with Crippen LogP contribution in [0.15, 0.2) is 48.5 Å². The fourth-order valence-corrected chi connectivity index (χ4v) is 5.52. The lowest BCUT2D eigenvalue weighted by Crippen LogP contribution is -2.36. The Labute approximate surface area is 247 Å². The fourth-order valence-electron chi connectivity index (χ4n) is 5.52. The molecule has 2 aromatic carbocycles. The summed E-state index contributed by atoms with van der Waals surface area (Å²) in [5.41, 5.74) is 4.53. The van der Waals surface area contributed by atoms with Crippen molar-refractivity contribution in [2.24, 2.45) is 5.92 Å². The molecule has 0 bridgehead atoms. The van der Waals surface area contributed by atoms with E-state index in [9.17, 15) is 22.4 Å². The van der Waals surface area contributed by atoms with E-state index >= 15 is 0 Å². The van der Waals surface area contributed by atoms with Crippen molar-refractivity contribution in [2.75, 3.05) is 32.7 Å². The van der Waals surface area contributed by atoms with Crippen molar-refractivity contribution in [2.45, 2.75) is 50.7 Å². The highest BCUT2D eigenvalue weighted by Gasteiger charge is 2.38. The van der Waals surface area contributed by atoms with Crippen LogP contribution in [0.2, 0.25) is 0 Å². The second-order valence-corrected chi connectivity index (χ2v) is 11.0. The van der Waals surface area contributed by atoms with Crippen molar-refractivity contribution in [1.82, 2.24) is 20.0 Å². The van der Waals surface area contributed by atoms with Gasteiger partial charge >= 0.3 is 18.1 Å². The van der Waals surface area contributed by atoms with Crippen LogP contribution in [0.1, 0.15) is 48.4 Å². The third kappa shape index (κ3) is 9.36. The molecule has 43 heavy (non-hydrogen) atoms. The summed E-state index contributed by atoms with van der Waals surface area (Å²) < 4.78 is 47.2. The summed E-state index contributed by atoms with van der Waals surface area (Å²) in [7, 11) is 0. The summed E-state index contributed by atoms with van der Waals surface area (Å²) >= 11 is 0. The molecule has 5 rings (SSSR count). The number of hydrogen-bond donors (Lipinski definition) is 3. The first-order valence-electron chi connectivity index (χ1n) is 14.4. The third-order valence-corrected chi connectivity index (χ3v) is 7.85. The number of nitrogens with one attached hydrogen (secondary N) is 1. The van der Waals surface area contributed by atoms with E-state index < -0.39 is 18.1 Å². The predicted octanol–water partition coefficient (Wildman–Crippen LogP) is 5.33. The number of carboxylic acids is 2. The first-order valence-corrected chi connectivity index (χ1v) is 14.4. The highest BCUT2D eigenvalue weighted by Crippen LogP contribution is 2.33. The summed E-state index contributed by atoms with van der Waals surface area (Å²) in [6.07, 6.45) is 4.47. The number of allylic oxidation sites excluding steroid dienone is 1. The zero-order chi connectivity index (χ0) is 31.0. The van der Waals surface area contributed by atoms with Crippen LogP contribution >= 0.6 is 0 Å². The molecule has 0 unspecified atom stereocenters. The molecular formula is C31H36F4N4O4. The molecule has 2 saturated heterocycles. The van der Waals surface area contributed by atoms with E-state index in [0.717, 1.165) is 68.8 Å². The molecule has 12 heteroatoms. The Kier molecular flexibility index (Phi) is 10.9. The van der Waals surface area contributed by atoms with Crippen LogP contribution in [0.4, 0.5) is 17.6 Å². The number of halogens is 4. The van der Waals surface area contributed by atoms with Gasteiger partial charge in [-0.05, 0) is 93.5 Å². The van der Waals surface area contributed by atoms with Crippen molar-refractivity contribution in [3.63, 3.8) is 0 Å². The van der Waals surface area contributed by atoms with Gasteiger partial charge in [-0.2, -0.15) is 18.3 Å². The van der Waals surface area contributed by atoms with Gasteiger partial charge in [0.25, 0.3) is 0 Å². The Morgan fingerprint density at radius 3 is 2.26 bits per heavy atom. The normalized spacial score (nSPS) is 17.2. The molecule has 0 amide bonds. The van der Waals surface area contributed by atoms with Crippen molar-refractivity contribution >= 4 is 28.9 Å². The van der Waals surface area contributed by atoms with Crippen LogP contribution < -0.4 is 5.32 Å². The van der Waals surface area contributed by atoms with Gasteiger partial charge in [0.15, 0.2) is 0 Å². The van der Waals surface area contributed by atoms with Gasteiger partial charge in [-0.15, -0.1) is 0 Å². The molecule has 0 atom stereocenters. The molecule has 3 heterocycles. The summed E-state index contributed by atoms with van der Waals surface area (Å²) in [6, 6.07) is 13.3. The Hall–Kier alpha value is -3.77. The van der Waals surface area contributed by atoms with Crippen molar-refractivity contribution in [3.8, 4) is 0 Å². The Bertz CT molecular complexity index is 1410. The van der Waals surface area contributed by atoms with E-state index in [4.69, 9.17) is 20.1 Å². The highest BCUT2D eigenvalue weighted by atomic mass is 19.4. The van der Waals surface area contributed by atoms with Gasteiger partial charge in [-0.1, -0.05) is 36.4 Å². The van der Waals surface area contributed by atoms with Gasteiger partial charge in [0.1, 0.15) is 5.82 Å². The number of hydrogen-bond acceptors (Lipinski definition) is 5. The number of carboxylic acid groups (broad SMARTS) is 2. The molecule has 0 saturated carbocycles. The Balaban J connectivity index is 0.000000541. The maximum Gasteiger partial charge on any atom is 0.490 e. The lowest BCUT2D eigenvalue weighted by atomic mass is 9.91. The smallest absolute Gasteiger partial charge is 0.480 e. The molecule has 2 aliphatic heterocycles. The van der Waals surface area contributed by atoms with Gasteiger partial charge in [0.2, 0.25) is 0 Å². The first-order chi connectivity index (χ1) is 20.5. The van der Waals surface area contributed by atoms with Crippen LogP contribution in [0.5, 0.6) is 0 Å². The Morgan fingerprint density at radius 1 is 1.00 bits per heavy atom. The number of carbonyl (C=O) groups is 2. The average molecular weight is 605 g/mol. The number of aliphatic carboxylic acids is 2. The first kappa shape index (κ1) is 32.2. The number of likely N-dealkylation sites (tertiary alicyclic amines) is 1. The SMILES string of the molecule is O=C(O)C(F)(F)F.O=C(O)CN1CCC(c2nn(CCc3ccc(F)cc3)c3cc(/C=C/C4CCNCC4)ccc23)CC1. The molecule has 0 aliphatic carbocycles. The molecule has 0 radical (unpaired) electrons. The number of aromatic nitrogens is 2. The molecule has 3 N–H and O–H groups in total. The number of rotatable bonds is 8. The van der Waals surface area contributed by atoms with E-state index in [1.807, 2.05) is 17.0 Å². The zero-order valence-electron chi connectivity index (χ0n) is 23.7. The van der Waals surface area contributed by atoms with E-state index in [2.05, 4.69) is 40.3 Å². The standard InChI is InChI=1S/C29H35FN4O2.C2HF3O2/c30-25-6-3-21(4-7-25)11-18-34-27-19-23(2-1-22-9-14-31-15-10-22)5-8-26(27)29(32-34)24-12-16-33(17-13-24)20-28(35)36;3-2(4,5)1(6)7/h1-8,19,22,24,31H,9-18,20H2,(H,35,36);(H,6,7)/b2-1+;. The van der Waals surface area contributed by atoms with E-state index in [-0.39, 0.29) is 12.4 Å². The molecule has 232 valence electrons. The van der Waals surface area contributed by atoms with Gasteiger partial charge in [0, 0.05) is 17.8 Å². The maximum absolute atomic E-state index is 13.4. The summed E-state index contributed by atoms with van der Waals surface area (Å²) in [5.74, 6) is -2.80. The molecule has 3 aromatic rings. The quantitative estimate of drug-likeness (QED) is 0.299. The Morgan fingerprint density at radius 2 is 1.65 bits per heavy atom. The average Bonchev–Trinajstić information content (AvgIpc) is 3.34. The minimum atomic E-state index is -5.08. The molecule has 1 aromatic heterocycles. The molecule has 2 fully saturated rings. The summed E-state index contributed by atoms with van der Waals surface area (Å²) in [5, 5.41) is 26.0. The van der Waals surface area contributed by atoms with E-state index in [0.29, 0.717) is 11.8 Å². The molecule has 2 aliphatic rings. The van der Waals surface area contributed by atoms with Crippen molar-refractivity contribution < 1.29 is 37.4 Å². The second-order valence-electron chi connectivity index (χ2n) is 11.0. The zero-order valence-corrected chi connectivity index (χ0v) is 23.7. The van der Waals surface area contributed by atoms with E-state index in [1.165, 1.54) is 35.9 Å². The topological polar surface area (TPSA) is 108 Å². The maximum atomic E-state index is 13.4. The third-order valence-electron chi connectivity index (χ3n) is 7.85. The number of piperidine rings is 2. The van der Waals surface area contributed by atoms with Crippen molar-refractivity contribution in [3.05, 3.63) is 71.2 Å². The van der Waals surface area contributed by atoms with Crippen molar-refractivity contribution in [1.29, 1.82) is 0 Å². The number of fused-ring (bicyclic) bond motifs is 1. The molecule has 0 spiro atoms. The van der Waals surface area contributed by atoms with Gasteiger partial charge in [-0.3, -0.25) is 14.4 Å². The lowest BCUT2D eigenvalue weighted by Gasteiger charge is -2.30. The summed E-state index contributed by atoms with van der Waals surface area (Å²) in [4.78, 5) is 22.0. The van der Waals surface area contributed by atoms with Crippen LogP contribution in [0.3, 0.4) is 0 Å². The molecular weight excluding hydrogens is 568 g/mol. The largest absolute Gasteiger partial charge is 0.490 e. The van der Waals surface area contributed by atoms with E-state index in [1.54, 1.807) is 0 Å². The highest BCUT2D eigenvalue weighted by molar-refractivity contribution is 5.85. The van der Waals surface area contributed by atoms with Crippen LogP contribution in [0.25, 0.3) is 17.0 Å². The predicted molar refractivity (Wildman–Crippen MR) is 154 cm³/mol. The van der Waals surface area contributed by atoms with Crippen LogP contribution in [0, 0.1) is 11.7 Å². The number of aryl methyl sites for hydroxylation is 2. The number of nitrogens with zero attached hydrogens (tertiary/aromatic N) is 3.